The predicted octanol–water partition coefficient (Wildman–Crippen LogP) is 3.31. The van der Waals surface area contributed by atoms with E-state index in [1.807, 2.05) is 20.8 Å². The molecule has 0 saturated carbocycles. The molecule has 0 atom stereocenters. The first-order valence-corrected chi connectivity index (χ1v) is 10.6. The van der Waals surface area contributed by atoms with Crippen LogP contribution in [0.25, 0.3) is 0 Å². The van der Waals surface area contributed by atoms with Gasteiger partial charge in [-0.2, -0.15) is 0 Å². The van der Waals surface area contributed by atoms with Gasteiger partial charge >= 0.3 is 0 Å². The van der Waals surface area contributed by atoms with E-state index < -0.39 is 13.9 Å². The molecule has 0 saturated heterocycles. The van der Waals surface area contributed by atoms with Gasteiger partial charge < -0.3 is 9.74 Å². The number of halogens is 1. The Morgan fingerprint density at radius 2 is 2.05 bits per heavy atom. The lowest BCUT2D eigenvalue weighted by molar-refractivity contribution is 0.164. The number of nitrogens with zero attached hydrogens (tertiary/aromatic N) is 1. The van der Waals surface area contributed by atoms with Gasteiger partial charge in [-0.3, -0.25) is 4.98 Å². The van der Waals surface area contributed by atoms with Crippen LogP contribution >= 0.6 is 0 Å². The molecule has 1 aromatic heterocycles. The summed E-state index contributed by atoms with van der Waals surface area (Å²) >= 11 is 0. The number of aromatic nitrogens is 1. The van der Waals surface area contributed by atoms with Crippen molar-refractivity contribution in [2.45, 2.75) is 52.6 Å². The molecule has 0 aliphatic carbocycles. The molecule has 21 heavy (non-hydrogen) atoms. The summed E-state index contributed by atoms with van der Waals surface area (Å²) in [6, 6.07) is 1.43. The maximum Gasteiger partial charge on any atom is 0.185 e. The van der Waals surface area contributed by atoms with Crippen molar-refractivity contribution in [3.63, 3.8) is 0 Å². The highest BCUT2D eigenvalue weighted by atomic mass is 28.4. The van der Waals surface area contributed by atoms with E-state index >= 15 is 0 Å². The Morgan fingerprint density at radius 3 is 2.57 bits per heavy atom. The molecule has 1 rings (SSSR count). The first-order valence-electron chi connectivity index (χ1n) is 7.21. The molecule has 0 radical (unpaired) electrons. The van der Waals surface area contributed by atoms with Gasteiger partial charge in [0, 0.05) is 18.3 Å². The molecule has 0 amide bonds. The van der Waals surface area contributed by atoms with E-state index in [9.17, 15) is 4.39 Å². The summed E-state index contributed by atoms with van der Waals surface area (Å²) in [4.78, 5) is 4.12. The summed E-state index contributed by atoms with van der Waals surface area (Å²) in [7, 11) is -1.67. The molecule has 1 heterocycles. The van der Waals surface area contributed by atoms with E-state index in [0.29, 0.717) is 17.8 Å². The second kappa shape index (κ2) is 7.17. The van der Waals surface area contributed by atoms with Crippen LogP contribution in [0.1, 0.15) is 32.0 Å². The van der Waals surface area contributed by atoms with Crippen molar-refractivity contribution < 1.29 is 8.82 Å². The van der Waals surface area contributed by atoms with Crippen molar-refractivity contribution in [2.24, 2.45) is 0 Å². The SMILES string of the molecule is CCNCc1ncc(C#CC(C)(C)O[Si](C)(C)C)cc1F. The molecule has 0 aliphatic rings. The summed E-state index contributed by atoms with van der Waals surface area (Å²) in [5.74, 6) is 5.69. The molecular formula is C16H25FN2OSi. The zero-order valence-electron chi connectivity index (χ0n) is 13.8. The largest absolute Gasteiger partial charge is 0.402 e. The third-order valence-corrected chi connectivity index (χ3v) is 3.65. The van der Waals surface area contributed by atoms with Crippen molar-refractivity contribution >= 4 is 8.32 Å². The van der Waals surface area contributed by atoms with Gasteiger partial charge in [0.2, 0.25) is 0 Å². The van der Waals surface area contributed by atoms with Crippen molar-refractivity contribution in [1.82, 2.24) is 10.3 Å². The number of hydrogen-bond donors (Lipinski definition) is 1. The van der Waals surface area contributed by atoms with Gasteiger partial charge in [-0.1, -0.05) is 18.8 Å². The van der Waals surface area contributed by atoms with Gasteiger partial charge in [-0.25, -0.2) is 4.39 Å². The minimum atomic E-state index is -1.67. The number of pyridine rings is 1. The van der Waals surface area contributed by atoms with Crippen LogP contribution in [0.3, 0.4) is 0 Å². The molecule has 0 fully saturated rings. The zero-order chi connectivity index (χ0) is 16.1. The molecular weight excluding hydrogens is 283 g/mol. The van der Waals surface area contributed by atoms with Gasteiger partial charge in [0.1, 0.15) is 11.4 Å². The number of rotatable bonds is 5. The summed E-state index contributed by atoms with van der Waals surface area (Å²) in [6.07, 6.45) is 1.60. The van der Waals surface area contributed by atoms with Gasteiger partial charge in [0.25, 0.3) is 0 Å². The quantitative estimate of drug-likeness (QED) is 0.669. The van der Waals surface area contributed by atoms with E-state index in [2.05, 4.69) is 41.8 Å². The fourth-order valence-corrected chi connectivity index (χ4v) is 3.50. The highest BCUT2D eigenvalue weighted by Crippen LogP contribution is 2.16. The minimum absolute atomic E-state index is 0.327. The fourth-order valence-electron chi connectivity index (χ4n) is 1.92. The van der Waals surface area contributed by atoms with Crippen LogP contribution in [-0.4, -0.2) is 25.4 Å². The first-order chi connectivity index (χ1) is 9.63. The topological polar surface area (TPSA) is 34.2 Å². The minimum Gasteiger partial charge on any atom is -0.402 e. The third kappa shape index (κ3) is 6.85. The summed E-state index contributed by atoms with van der Waals surface area (Å²) < 4.78 is 19.9. The van der Waals surface area contributed by atoms with Crippen LogP contribution in [0.5, 0.6) is 0 Å². The van der Waals surface area contributed by atoms with Crippen LogP contribution in [-0.2, 0) is 11.0 Å². The van der Waals surface area contributed by atoms with E-state index in [1.54, 1.807) is 6.20 Å². The smallest absolute Gasteiger partial charge is 0.185 e. The Kier molecular flexibility index (Phi) is 6.08. The Labute approximate surface area is 128 Å². The van der Waals surface area contributed by atoms with Crippen LogP contribution in [0.2, 0.25) is 19.6 Å². The van der Waals surface area contributed by atoms with E-state index in [1.165, 1.54) is 6.07 Å². The van der Waals surface area contributed by atoms with Crippen LogP contribution in [0, 0.1) is 17.7 Å². The molecule has 0 unspecified atom stereocenters. The van der Waals surface area contributed by atoms with Crippen molar-refractivity contribution in [1.29, 1.82) is 0 Å². The lowest BCUT2D eigenvalue weighted by Gasteiger charge is -2.28. The molecule has 1 N–H and O–H groups in total. The van der Waals surface area contributed by atoms with Crippen LogP contribution < -0.4 is 5.32 Å². The first kappa shape index (κ1) is 17.8. The Bertz CT molecular complexity index is 541. The highest BCUT2D eigenvalue weighted by molar-refractivity contribution is 6.69. The highest BCUT2D eigenvalue weighted by Gasteiger charge is 2.25. The monoisotopic (exact) mass is 308 g/mol. The normalized spacial score (nSPS) is 12.0. The predicted molar refractivity (Wildman–Crippen MR) is 87.0 cm³/mol. The second-order valence-electron chi connectivity index (χ2n) is 6.41. The van der Waals surface area contributed by atoms with Gasteiger partial charge in [-0.05, 0) is 46.1 Å². The second-order valence-corrected chi connectivity index (χ2v) is 10.8. The molecule has 0 spiro atoms. The third-order valence-electron chi connectivity index (χ3n) is 2.53. The lowest BCUT2D eigenvalue weighted by Crippen LogP contribution is -2.37. The molecule has 0 aromatic carbocycles. The van der Waals surface area contributed by atoms with Gasteiger partial charge in [-0.15, -0.1) is 0 Å². The molecule has 116 valence electrons. The number of hydrogen-bond acceptors (Lipinski definition) is 3. The van der Waals surface area contributed by atoms with E-state index in [4.69, 9.17) is 4.43 Å². The number of nitrogens with one attached hydrogen (secondary N) is 1. The maximum atomic E-state index is 13.9. The zero-order valence-corrected chi connectivity index (χ0v) is 14.8. The lowest BCUT2D eigenvalue weighted by atomic mass is 10.1. The summed E-state index contributed by atoms with van der Waals surface area (Å²) in [5, 5.41) is 3.05. The Morgan fingerprint density at radius 1 is 1.38 bits per heavy atom. The fraction of sp³-hybridized carbons (Fsp3) is 0.562. The van der Waals surface area contributed by atoms with Crippen LogP contribution in [0.4, 0.5) is 4.39 Å². The molecule has 3 nitrogen and oxygen atoms in total. The van der Waals surface area contributed by atoms with E-state index in [-0.39, 0.29) is 5.82 Å². The maximum absolute atomic E-state index is 13.9. The average Bonchev–Trinajstić information content (AvgIpc) is 2.32. The van der Waals surface area contributed by atoms with Crippen molar-refractivity contribution in [3.8, 4) is 11.8 Å². The molecule has 5 heteroatoms. The molecule has 1 aromatic rings. The average molecular weight is 308 g/mol. The van der Waals surface area contributed by atoms with Crippen molar-refractivity contribution in [3.05, 3.63) is 29.3 Å². The van der Waals surface area contributed by atoms with Gasteiger partial charge in [0.15, 0.2) is 8.32 Å². The molecule has 0 aliphatic heterocycles. The summed E-state index contributed by atoms with van der Waals surface area (Å²) in [5.41, 5.74) is 0.448. The van der Waals surface area contributed by atoms with Crippen molar-refractivity contribution in [2.75, 3.05) is 6.54 Å². The van der Waals surface area contributed by atoms with E-state index in [0.717, 1.165) is 6.54 Å². The van der Waals surface area contributed by atoms with Crippen LogP contribution in [0.15, 0.2) is 12.3 Å². The Hall–Kier alpha value is -1.22. The molecule has 0 bridgehead atoms. The van der Waals surface area contributed by atoms with Gasteiger partial charge in [0.05, 0.1) is 5.69 Å². The summed E-state index contributed by atoms with van der Waals surface area (Å²) in [6.45, 7) is 13.4. The standard InChI is InChI=1S/C16H25FN2OSi/c1-7-18-12-15-14(17)10-13(11-19-15)8-9-16(2,3)20-21(4,5)6/h10-11,18H,7,12H2,1-6H3. The Balaban J connectivity index is 2.85.